The Kier molecular flexibility index (Phi) is 7.30. The second-order valence-electron chi connectivity index (χ2n) is 9.04. The van der Waals surface area contributed by atoms with Crippen LogP contribution in [0.5, 0.6) is 5.75 Å². The second-order valence-corrected chi connectivity index (χ2v) is 9.04. The van der Waals surface area contributed by atoms with Gasteiger partial charge in [0.25, 0.3) is 0 Å². The van der Waals surface area contributed by atoms with Gasteiger partial charge in [0, 0.05) is 44.0 Å². The van der Waals surface area contributed by atoms with Crippen molar-refractivity contribution in [3.05, 3.63) is 54.3 Å². The van der Waals surface area contributed by atoms with Gasteiger partial charge in [0.1, 0.15) is 11.6 Å². The number of ether oxygens (including phenoxy) is 1. The summed E-state index contributed by atoms with van der Waals surface area (Å²) in [6, 6.07) is 15.1. The van der Waals surface area contributed by atoms with Crippen molar-refractivity contribution in [1.29, 1.82) is 0 Å². The minimum atomic E-state index is -0.243. The molecule has 172 valence electrons. The number of benzene rings is 2. The van der Waals surface area contributed by atoms with Crippen molar-refractivity contribution < 1.29 is 13.9 Å². The van der Waals surface area contributed by atoms with Crippen molar-refractivity contribution >= 4 is 17.3 Å². The predicted molar refractivity (Wildman–Crippen MR) is 127 cm³/mol. The maximum absolute atomic E-state index is 13.2. The van der Waals surface area contributed by atoms with Crippen LogP contribution < -0.4 is 14.5 Å². The number of hydrogen-bond donors (Lipinski definition) is 0. The summed E-state index contributed by atoms with van der Waals surface area (Å²) >= 11 is 0. The standard InChI is InChI=1S/C26H34FN3O2/c1-20-5-3-16-29(20)17-4-18-32-25-13-10-23(11-14-25)30-24(12-15-26(30)31)19-28(2)22-8-6-21(27)7-9-22/h6-11,13-14,20,24H,3-5,12,15-19H2,1-2H3/t20?,24-/m0/s1. The first-order valence-electron chi connectivity index (χ1n) is 11.8. The van der Waals surface area contributed by atoms with Gasteiger partial charge in [0.2, 0.25) is 5.91 Å². The third kappa shape index (κ3) is 5.41. The number of likely N-dealkylation sites (N-methyl/N-ethyl adjacent to an activating group) is 1. The summed E-state index contributed by atoms with van der Waals surface area (Å²) in [4.78, 5) is 19.1. The van der Waals surface area contributed by atoms with Crippen LogP contribution in [0.2, 0.25) is 0 Å². The summed E-state index contributed by atoms with van der Waals surface area (Å²) in [5.41, 5.74) is 1.85. The lowest BCUT2D eigenvalue weighted by atomic mass is 10.1. The zero-order valence-electron chi connectivity index (χ0n) is 19.2. The molecule has 2 aromatic rings. The fraction of sp³-hybridized carbons (Fsp3) is 0.500. The van der Waals surface area contributed by atoms with Crippen molar-refractivity contribution in [3.63, 3.8) is 0 Å². The van der Waals surface area contributed by atoms with E-state index >= 15 is 0 Å². The monoisotopic (exact) mass is 439 g/mol. The first kappa shape index (κ1) is 22.6. The molecule has 2 heterocycles. The van der Waals surface area contributed by atoms with E-state index < -0.39 is 0 Å². The number of halogens is 1. The SMILES string of the molecule is CC1CCCN1CCCOc1ccc(N2C(=O)CC[C@H]2CN(C)c2ccc(F)cc2)cc1. The van der Waals surface area contributed by atoms with Gasteiger partial charge in [-0.1, -0.05) is 0 Å². The van der Waals surface area contributed by atoms with E-state index in [-0.39, 0.29) is 17.8 Å². The van der Waals surface area contributed by atoms with Crippen molar-refractivity contribution in [2.45, 2.75) is 51.1 Å². The van der Waals surface area contributed by atoms with E-state index in [0.717, 1.165) is 36.5 Å². The van der Waals surface area contributed by atoms with E-state index in [0.29, 0.717) is 25.6 Å². The summed E-state index contributed by atoms with van der Waals surface area (Å²) in [5, 5.41) is 0. The van der Waals surface area contributed by atoms with Crippen LogP contribution in [0.3, 0.4) is 0 Å². The van der Waals surface area contributed by atoms with E-state index in [9.17, 15) is 9.18 Å². The molecule has 4 rings (SSSR count). The Morgan fingerprint density at radius 3 is 2.53 bits per heavy atom. The molecule has 2 aliphatic rings. The summed E-state index contributed by atoms with van der Waals surface area (Å²) in [7, 11) is 1.98. The molecular weight excluding hydrogens is 405 g/mol. The minimum absolute atomic E-state index is 0.0896. The first-order chi connectivity index (χ1) is 15.5. The van der Waals surface area contributed by atoms with E-state index in [1.807, 2.05) is 36.2 Å². The Morgan fingerprint density at radius 2 is 1.84 bits per heavy atom. The summed E-state index contributed by atoms with van der Waals surface area (Å²) < 4.78 is 19.2. The van der Waals surface area contributed by atoms with Crippen molar-refractivity contribution in [2.75, 3.05) is 43.1 Å². The van der Waals surface area contributed by atoms with Crippen LogP contribution in [-0.4, -0.2) is 56.2 Å². The molecule has 1 amide bonds. The van der Waals surface area contributed by atoms with Gasteiger partial charge in [-0.25, -0.2) is 4.39 Å². The molecule has 2 saturated heterocycles. The number of carbonyl (C=O) groups is 1. The summed E-state index contributed by atoms with van der Waals surface area (Å²) in [6.07, 6.45) is 5.00. The van der Waals surface area contributed by atoms with Gasteiger partial charge in [-0.15, -0.1) is 0 Å². The highest BCUT2D eigenvalue weighted by atomic mass is 19.1. The number of likely N-dealkylation sites (tertiary alicyclic amines) is 1. The topological polar surface area (TPSA) is 36.0 Å². The highest BCUT2D eigenvalue weighted by Crippen LogP contribution is 2.29. The lowest BCUT2D eigenvalue weighted by Gasteiger charge is -2.30. The molecule has 32 heavy (non-hydrogen) atoms. The molecule has 2 aliphatic heterocycles. The van der Waals surface area contributed by atoms with E-state index in [4.69, 9.17) is 4.74 Å². The molecule has 0 N–H and O–H groups in total. The van der Waals surface area contributed by atoms with Crippen molar-refractivity contribution in [2.24, 2.45) is 0 Å². The zero-order valence-corrected chi connectivity index (χ0v) is 19.2. The Labute approximate surface area is 190 Å². The molecule has 2 aromatic carbocycles. The van der Waals surface area contributed by atoms with Crippen LogP contribution in [0, 0.1) is 5.82 Å². The van der Waals surface area contributed by atoms with Crippen molar-refractivity contribution in [3.8, 4) is 5.75 Å². The average Bonchev–Trinajstić information content (AvgIpc) is 3.37. The molecule has 5 nitrogen and oxygen atoms in total. The number of anilines is 2. The summed E-state index contributed by atoms with van der Waals surface area (Å²) in [5.74, 6) is 0.749. The molecule has 0 radical (unpaired) electrons. The molecule has 0 bridgehead atoms. The molecular formula is C26H34FN3O2. The van der Waals surface area contributed by atoms with Gasteiger partial charge >= 0.3 is 0 Å². The largest absolute Gasteiger partial charge is 0.494 e. The molecule has 1 unspecified atom stereocenters. The number of nitrogens with zero attached hydrogens (tertiary/aromatic N) is 3. The van der Waals surface area contributed by atoms with Crippen LogP contribution >= 0.6 is 0 Å². The minimum Gasteiger partial charge on any atom is -0.494 e. The van der Waals surface area contributed by atoms with Gasteiger partial charge in [-0.2, -0.15) is 0 Å². The smallest absolute Gasteiger partial charge is 0.227 e. The van der Waals surface area contributed by atoms with Gasteiger partial charge in [-0.05, 0) is 87.7 Å². The molecule has 0 spiro atoms. The number of amides is 1. The molecule has 0 aliphatic carbocycles. The van der Waals surface area contributed by atoms with E-state index in [1.54, 1.807) is 12.1 Å². The predicted octanol–water partition coefficient (Wildman–Crippen LogP) is 4.71. The van der Waals surface area contributed by atoms with Crippen LogP contribution in [0.15, 0.2) is 48.5 Å². The molecule has 0 aromatic heterocycles. The zero-order chi connectivity index (χ0) is 22.5. The normalized spacial score (nSPS) is 21.3. The molecule has 2 fully saturated rings. The van der Waals surface area contributed by atoms with E-state index in [2.05, 4.69) is 16.7 Å². The number of rotatable bonds is 9. The van der Waals surface area contributed by atoms with Crippen molar-refractivity contribution in [1.82, 2.24) is 4.90 Å². The fourth-order valence-corrected chi connectivity index (χ4v) is 4.87. The van der Waals surface area contributed by atoms with Gasteiger partial charge in [0.15, 0.2) is 0 Å². The van der Waals surface area contributed by atoms with Gasteiger partial charge in [-0.3, -0.25) is 4.79 Å². The van der Waals surface area contributed by atoms with Crippen LogP contribution in [0.1, 0.15) is 39.0 Å². The third-order valence-corrected chi connectivity index (χ3v) is 6.74. The Bertz CT molecular complexity index is 887. The summed E-state index contributed by atoms with van der Waals surface area (Å²) in [6.45, 7) is 6.00. The Hall–Kier alpha value is -2.60. The Balaban J connectivity index is 1.31. The highest BCUT2D eigenvalue weighted by molar-refractivity contribution is 5.96. The maximum Gasteiger partial charge on any atom is 0.227 e. The quantitative estimate of drug-likeness (QED) is 0.530. The third-order valence-electron chi connectivity index (χ3n) is 6.74. The second kappa shape index (κ2) is 10.3. The molecule has 2 atom stereocenters. The highest BCUT2D eigenvalue weighted by Gasteiger charge is 2.33. The lowest BCUT2D eigenvalue weighted by Crippen LogP contribution is -2.41. The fourth-order valence-electron chi connectivity index (χ4n) is 4.87. The maximum atomic E-state index is 13.2. The lowest BCUT2D eigenvalue weighted by molar-refractivity contribution is -0.117. The number of hydrogen-bond acceptors (Lipinski definition) is 4. The van der Waals surface area contributed by atoms with Gasteiger partial charge < -0.3 is 19.4 Å². The molecule has 6 heteroatoms. The molecule has 0 saturated carbocycles. The van der Waals surface area contributed by atoms with E-state index in [1.165, 1.54) is 31.5 Å². The van der Waals surface area contributed by atoms with Gasteiger partial charge in [0.05, 0.1) is 12.6 Å². The van der Waals surface area contributed by atoms with Crippen LogP contribution in [0.4, 0.5) is 15.8 Å². The first-order valence-corrected chi connectivity index (χ1v) is 11.8. The Morgan fingerprint density at radius 1 is 1.09 bits per heavy atom. The van der Waals surface area contributed by atoms with Crippen LogP contribution in [-0.2, 0) is 4.79 Å². The number of carbonyl (C=O) groups excluding carboxylic acids is 1. The average molecular weight is 440 g/mol. The van der Waals surface area contributed by atoms with Crippen LogP contribution in [0.25, 0.3) is 0 Å².